The van der Waals surface area contributed by atoms with E-state index in [0.717, 1.165) is 0 Å². The van der Waals surface area contributed by atoms with Crippen molar-refractivity contribution in [1.29, 1.82) is 0 Å². The SMILES string of the molecule is C[As](C)N[C@@H](CCC(N)=O)C(=O)O. The summed E-state index contributed by atoms with van der Waals surface area (Å²) in [7, 11) is 0. The van der Waals surface area contributed by atoms with Gasteiger partial charge in [0.1, 0.15) is 0 Å². The molecule has 0 unspecified atom stereocenters. The van der Waals surface area contributed by atoms with Crippen molar-refractivity contribution in [2.24, 2.45) is 5.73 Å². The van der Waals surface area contributed by atoms with Crippen molar-refractivity contribution in [3.63, 3.8) is 0 Å². The van der Waals surface area contributed by atoms with E-state index in [0.29, 0.717) is 0 Å². The molecule has 13 heavy (non-hydrogen) atoms. The molecular formula is C7H15AsN2O3. The summed E-state index contributed by atoms with van der Waals surface area (Å²) in [4.78, 5) is 21.1. The van der Waals surface area contributed by atoms with Crippen LogP contribution in [0.2, 0.25) is 11.4 Å². The average molecular weight is 250 g/mol. The third-order valence-electron chi connectivity index (χ3n) is 1.39. The van der Waals surface area contributed by atoms with Crippen molar-refractivity contribution in [3.05, 3.63) is 0 Å². The van der Waals surface area contributed by atoms with E-state index >= 15 is 0 Å². The van der Waals surface area contributed by atoms with Gasteiger partial charge in [-0.15, -0.1) is 0 Å². The quantitative estimate of drug-likeness (QED) is 0.556. The van der Waals surface area contributed by atoms with Gasteiger partial charge in [-0.05, 0) is 0 Å². The first kappa shape index (κ1) is 12.5. The van der Waals surface area contributed by atoms with E-state index in [2.05, 4.69) is 4.23 Å². The predicted octanol–water partition coefficient (Wildman–Crippen LogP) is -0.454. The van der Waals surface area contributed by atoms with Crippen molar-refractivity contribution in [2.45, 2.75) is 30.3 Å². The number of primary amides is 1. The fourth-order valence-electron chi connectivity index (χ4n) is 0.842. The summed E-state index contributed by atoms with van der Waals surface area (Å²) < 4.78 is 2.97. The van der Waals surface area contributed by atoms with Gasteiger partial charge >= 0.3 is 81.7 Å². The fraction of sp³-hybridized carbons (Fsp3) is 0.714. The molecule has 0 rings (SSSR count). The zero-order valence-electron chi connectivity index (χ0n) is 7.78. The van der Waals surface area contributed by atoms with Gasteiger partial charge in [-0.1, -0.05) is 0 Å². The van der Waals surface area contributed by atoms with Crippen LogP contribution in [0.25, 0.3) is 0 Å². The Hall–Kier alpha value is -0.542. The molecule has 4 N–H and O–H groups in total. The monoisotopic (exact) mass is 250 g/mol. The van der Waals surface area contributed by atoms with Crippen LogP contribution in [0.4, 0.5) is 0 Å². The zero-order chi connectivity index (χ0) is 10.4. The summed E-state index contributed by atoms with van der Waals surface area (Å²) in [5, 5.41) is 8.74. The molecule has 0 saturated carbocycles. The molecule has 0 aliphatic rings. The molecule has 0 aromatic heterocycles. The molecular weight excluding hydrogens is 235 g/mol. The number of carbonyl (C=O) groups is 2. The van der Waals surface area contributed by atoms with Crippen LogP contribution in [0.5, 0.6) is 0 Å². The topological polar surface area (TPSA) is 92.4 Å². The molecule has 1 atom stereocenters. The van der Waals surface area contributed by atoms with Crippen LogP contribution < -0.4 is 9.97 Å². The second-order valence-corrected chi connectivity index (χ2v) is 7.21. The first-order valence-electron chi connectivity index (χ1n) is 3.88. The summed E-state index contributed by atoms with van der Waals surface area (Å²) in [6, 6.07) is -0.623. The summed E-state index contributed by atoms with van der Waals surface area (Å²) in [6.45, 7) is 0. The van der Waals surface area contributed by atoms with Gasteiger partial charge in [0.2, 0.25) is 0 Å². The van der Waals surface area contributed by atoms with E-state index < -0.39 is 32.8 Å². The van der Waals surface area contributed by atoms with Crippen LogP contribution >= 0.6 is 0 Å². The minimum atomic E-state index is -1.19. The molecule has 0 aromatic carbocycles. The van der Waals surface area contributed by atoms with Crippen LogP contribution in [0.3, 0.4) is 0 Å². The second kappa shape index (κ2) is 6.00. The molecule has 0 radical (unpaired) electrons. The number of nitrogens with two attached hydrogens (primary N) is 1. The van der Waals surface area contributed by atoms with Crippen LogP contribution in [0, 0.1) is 0 Å². The molecule has 5 nitrogen and oxygen atoms in total. The van der Waals surface area contributed by atoms with E-state index in [-0.39, 0.29) is 12.8 Å². The molecule has 6 heteroatoms. The van der Waals surface area contributed by atoms with Gasteiger partial charge in [-0.25, -0.2) is 0 Å². The second-order valence-electron chi connectivity index (χ2n) is 2.92. The Morgan fingerprint density at radius 2 is 2.08 bits per heavy atom. The number of nitrogens with one attached hydrogen (secondary N) is 1. The Labute approximate surface area is 82.2 Å². The van der Waals surface area contributed by atoms with Crippen LogP contribution in [0.1, 0.15) is 12.8 Å². The van der Waals surface area contributed by atoms with E-state index in [1.165, 1.54) is 0 Å². The van der Waals surface area contributed by atoms with Crippen molar-refractivity contribution >= 4 is 26.8 Å². The fourth-order valence-corrected chi connectivity index (χ4v) is 2.65. The number of aliphatic carboxylic acids is 1. The third kappa shape index (κ3) is 6.60. The molecule has 0 aromatic rings. The van der Waals surface area contributed by atoms with Gasteiger partial charge in [0, 0.05) is 0 Å². The van der Waals surface area contributed by atoms with Gasteiger partial charge in [0.15, 0.2) is 0 Å². The predicted molar refractivity (Wildman–Crippen MR) is 50.5 cm³/mol. The molecule has 0 spiro atoms. The van der Waals surface area contributed by atoms with Gasteiger partial charge < -0.3 is 0 Å². The summed E-state index contributed by atoms with van der Waals surface area (Å²) >= 11 is -1.19. The van der Waals surface area contributed by atoms with E-state index in [1.54, 1.807) is 0 Å². The number of hydrogen-bond acceptors (Lipinski definition) is 3. The van der Waals surface area contributed by atoms with E-state index in [9.17, 15) is 9.59 Å². The van der Waals surface area contributed by atoms with E-state index in [4.69, 9.17) is 10.8 Å². The van der Waals surface area contributed by atoms with Crippen LogP contribution in [0.15, 0.2) is 0 Å². The summed E-state index contributed by atoms with van der Waals surface area (Å²) in [5.41, 5.74) is 8.91. The number of carboxylic acids is 1. The van der Waals surface area contributed by atoms with Crippen molar-refractivity contribution < 1.29 is 14.7 Å². The number of carbonyl (C=O) groups excluding carboxylic acids is 1. The molecule has 0 bridgehead atoms. The molecule has 0 heterocycles. The van der Waals surface area contributed by atoms with Crippen molar-refractivity contribution in [2.75, 3.05) is 0 Å². The van der Waals surface area contributed by atoms with Gasteiger partial charge in [-0.3, -0.25) is 0 Å². The normalized spacial score (nSPS) is 12.8. The van der Waals surface area contributed by atoms with Crippen molar-refractivity contribution in [1.82, 2.24) is 4.23 Å². The Morgan fingerprint density at radius 3 is 2.38 bits per heavy atom. The first-order valence-corrected chi connectivity index (χ1v) is 8.57. The Kier molecular flexibility index (Phi) is 5.75. The molecule has 0 saturated heterocycles. The maximum atomic E-state index is 10.7. The van der Waals surface area contributed by atoms with Crippen LogP contribution in [-0.4, -0.2) is 37.9 Å². The maximum absolute atomic E-state index is 10.7. The zero-order valence-corrected chi connectivity index (χ0v) is 9.66. The Bertz CT molecular complexity index is 196. The van der Waals surface area contributed by atoms with Gasteiger partial charge in [0.05, 0.1) is 0 Å². The number of amides is 1. The standard InChI is InChI=1S/C7H15AsN2O3/c1-8(2)10-5(7(12)13)3-4-6(9)11/h5,10H,3-4H2,1-2H3,(H2,9,11)(H,12,13)/t5-/m0/s1. The molecule has 76 valence electrons. The number of rotatable bonds is 6. The first-order chi connectivity index (χ1) is 5.93. The molecule has 0 aliphatic carbocycles. The number of carboxylic acid groups (broad SMARTS) is 1. The molecule has 0 aliphatic heterocycles. The summed E-state index contributed by atoms with van der Waals surface area (Å²) in [6.07, 6.45) is 0.393. The Balaban J connectivity index is 3.95. The minimum absolute atomic E-state index is 0.117. The van der Waals surface area contributed by atoms with Gasteiger partial charge in [-0.2, -0.15) is 0 Å². The Morgan fingerprint density at radius 1 is 1.54 bits per heavy atom. The average Bonchev–Trinajstić information content (AvgIpc) is 1.96. The van der Waals surface area contributed by atoms with Gasteiger partial charge in [0.25, 0.3) is 0 Å². The molecule has 0 fully saturated rings. The van der Waals surface area contributed by atoms with E-state index in [1.807, 2.05) is 11.4 Å². The summed E-state index contributed by atoms with van der Waals surface area (Å²) in [5.74, 6) is -1.37. The molecule has 1 amide bonds. The third-order valence-corrected chi connectivity index (χ3v) is 3.13. The number of hydrogen-bond donors (Lipinski definition) is 3. The van der Waals surface area contributed by atoms with Crippen molar-refractivity contribution in [3.8, 4) is 0 Å². The van der Waals surface area contributed by atoms with Crippen LogP contribution in [-0.2, 0) is 9.59 Å².